The van der Waals surface area contributed by atoms with Crippen LogP contribution < -0.4 is 4.74 Å². The normalized spacial score (nSPS) is 18.9. The smallest absolute Gasteiger partial charge is 0.227 e. The second-order valence-electron chi connectivity index (χ2n) is 5.94. The van der Waals surface area contributed by atoms with Crippen molar-refractivity contribution < 1.29 is 14.3 Å². The number of carbonyl (C=O) groups excluding carboxylic acids is 1. The maximum Gasteiger partial charge on any atom is 0.227 e. The average molecular weight is 316 g/mol. The third-order valence-corrected chi connectivity index (χ3v) is 4.40. The molecule has 1 amide bonds. The minimum atomic E-state index is 0.148. The van der Waals surface area contributed by atoms with Crippen LogP contribution >= 0.6 is 0 Å². The van der Waals surface area contributed by atoms with Gasteiger partial charge in [0, 0.05) is 36.3 Å². The van der Waals surface area contributed by atoms with E-state index in [1.54, 1.807) is 0 Å². The number of benzene rings is 1. The molecule has 124 valence electrons. The van der Waals surface area contributed by atoms with E-state index in [9.17, 15) is 4.79 Å². The zero-order valence-corrected chi connectivity index (χ0v) is 13.8. The standard InChI is InChI=1S/C18H24N2O3/c1-3-23-16-6-4-5-15-18(16)14(12-19-15)11-17(21)20-8-10-22-9-7-13(20)2/h4-6,12-13,19H,3,7-11H2,1-2H3. The van der Waals surface area contributed by atoms with Crippen LogP contribution in [0.2, 0.25) is 0 Å². The summed E-state index contributed by atoms with van der Waals surface area (Å²) < 4.78 is 11.2. The van der Waals surface area contributed by atoms with Crippen molar-refractivity contribution in [2.24, 2.45) is 0 Å². The van der Waals surface area contributed by atoms with Gasteiger partial charge >= 0.3 is 0 Å². The fourth-order valence-corrected chi connectivity index (χ4v) is 3.16. The lowest BCUT2D eigenvalue weighted by Crippen LogP contribution is -2.40. The van der Waals surface area contributed by atoms with Gasteiger partial charge in [0.1, 0.15) is 5.75 Å². The Morgan fingerprint density at radius 2 is 2.30 bits per heavy atom. The number of aromatic nitrogens is 1. The quantitative estimate of drug-likeness (QED) is 0.943. The largest absolute Gasteiger partial charge is 0.493 e. The molecule has 0 spiro atoms. The number of hydrogen-bond acceptors (Lipinski definition) is 3. The van der Waals surface area contributed by atoms with E-state index >= 15 is 0 Å². The van der Waals surface area contributed by atoms with Gasteiger partial charge < -0.3 is 19.4 Å². The van der Waals surface area contributed by atoms with Gasteiger partial charge in [-0.3, -0.25) is 4.79 Å². The molecule has 1 unspecified atom stereocenters. The summed E-state index contributed by atoms with van der Waals surface area (Å²) in [5.74, 6) is 0.983. The van der Waals surface area contributed by atoms with E-state index in [0.29, 0.717) is 26.2 Å². The van der Waals surface area contributed by atoms with Crippen LogP contribution in [0.3, 0.4) is 0 Å². The van der Waals surface area contributed by atoms with E-state index in [0.717, 1.165) is 35.2 Å². The maximum atomic E-state index is 12.8. The molecule has 1 aliphatic heterocycles. The molecule has 3 rings (SSSR count). The molecule has 1 aromatic heterocycles. The Morgan fingerprint density at radius 1 is 1.43 bits per heavy atom. The molecule has 1 saturated heterocycles. The van der Waals surface area contributed by atoms with Crippen molar-refractivity contribution in [3.8, 4) is 5.75 Å². The van der Waals surface area contributed by atoms with Gasteiger partial charge in [-0.1, -0.05) is 6.07 Å². The molecule has 2 aromatic rings. The van der Waals surface area contributed by atoms with Gasteiger partial charge in [-0.05, 0) is 38.0 Å². The summed E-state index contributed by atoms with van der Waals surface area (Å²) in [5.41, 5.74) is 2.00. The number of carbonyl (C=O) groups is 1. The van der Waals surface area contributed by atoms with Crippen molar-refractivity contribution in [3.05, 3.63) is 30.0 Å². The zero-order valence-electron chi connectivity index (χ0n) is 13.8. The Kier molecular flexibility index (Phi) is 4.86. The number of H-pyrrole nitrogens is 1. The van der Waals surface area contributed by atoms with Crippen LogP contribution in [0, 0.1) is 0 Å². The summed E-state index contributed by atoms with van der Waals surface area (Å²) in [6.45, 7) is 6.68. The van der Waals surface area contributed by atoms with Crippen LogP contribution in [0.15, 0.2) is 24.4 Å². The van der Waals surface area contributed by atoms with E-state index < -0.39 is 0 Å². The zero-order chi connectivity index (χ0) is 16.2. The van der Waals surface area contributed by atoms with Gasteiger partial charge in [-0.15, -0.1) is 0 Å². The van der Waals surface area contributed by atoms with E-state index in [-0.39, 0.29) is 11.9 Å². The topological polar surface area (TPSA) is 54.6 Å². The van der Waals surface area contributed by atoms with Crippen molar-refractivity contribution in [2.75, 3.05) is 26.4 Å². The predicted molar refractivity (Wildman–Crippen MR) is 89.8 cm³/mol. The molecule has 0 bridgehead atoms. The molecule has 5 heteroatoms. The lowest BCUT2D eigenvalue weighted by Gasteiger charge is -2.26. The average Bonchev–Trinajstić information content (AvgIpc) is 2.82. The van der Waals surface area contributed by atoms with Gasteiger partial charge in [0.15, 0.2) is 0 Å². The van der Waals surface area contributed by atoms with Gasteiger partial charge in [0.2, 0.25) is 5.91 Å². The first kappa shape index (κ1) is 15.9. The first-order valence-electron chi connectivity index (χ1n) is 8.29. The number of aromatic amines is 1. The van der Waals surface area contributed by atoms with E-state index in [4.69, 9.17) is 9.47 Å². The molecule has 0 saturated carbocycles. The van der Waals surface area contributed by atoms with E-state index in [1.807, 2.05) is 36.2 Å². The van der Waals surface area contributed by atoms with Gasteiger partial charge in [0.05, 0.1) is 19.6 Å². The molecule has 0 radical (unpaired) electrons. The molecule has 1 fully saturated rings. The molecule has 2 heterocycles. The Hall–Kier alpha value is -2.01. The Balaban J connectivity index is 1.84. The van der Waals surface area contributed by atoms with Gasteiger partial charge in [-0.25, -0.2) is 0 Å². The SMILES string of the molecule is CCOc1cccc2[nH]cc(CC(=O)N3CCOCCC3C)c12. The van der Waals surface area contributed by atoms with E-state index in [2.05, 4.69) is 11.9 Å². The number of nitrogens with zero attached hydrogens (tertiary/aromatic N) is 1. The van der Waals surface area contributed by atoms with Crippen molar-refractivity contribution in [1.82, 2.24) is 9.88 Å². The van der Waals surface area contributed by atoms with Crippen molar-refractivity contribution in [3.63, 3.8) is 0 Å². The number of amides is 1. The Bertz CT molecular complexity index is 680. The summed E-state index contributed by atoms with van der Waals surface area (Å²) in [7, 11) is 0. The van der Waals surface area contributed by atoms with Crippen LogP contribution in [0.25, 0.3) is 10.9 Å². The molecule has 1 aromatic carbocycles. The molecule has 5 nitrogen and oxygen atoms in total. The highest BCUT2D eigenvalue weighted by Gasteiger charge is 2.23. The fraction of sp³-hybridized carbons (Fsp3) is 0.500. The van der Waals surface area contributed by atoms with Crippen LogP contribution in [0.1, 0.15) is 25.8 Å². The number of rotatable bonds is 4. The third kappa shape index (κ3) is 3.34. The van der Waals surface area contributed by atoms with Crippen LogP contribution in [0.5, 0.6) is 5.75 Å². The molecule has 0 aliphatic carbocycles. The van der Waals surface area contributed by atoms with Crippen LogP contribution in [-0.2, 0) is 16.0 Å². The lowest BCUT2D eigenvalue weighted by atomic mass is 10.1. The number of fused-ring (bicyclic) bond motifs is 1. The van der Waals surface area contributed by atoms with E-state index in [1.165, 1.54) is 0 Å². The van der Waals surface area contributed by atoms with Crippen molar-refractivity contribution in [1.29, 1.82) is 0 Å². The minimum absolute atomic E-state index is 0.148. The predicted octanol–water partition coefficient (Wildman–Crippen LogP) is 2.75. The molecule has 23 heavy (non-hydrogen) atoms. The Morgan fingerprint density at radius 3 is 3.13 bits per heavy atom. The fourth-order valence-electron chi connectivity index (χ4n) is 3.16. The van der Waals surface area contributed by atoms with Crippen LogP contribution in [0.4, 0.5) is 0 Å². The first-order valence-corrected chi connectivity index (χ1v) is 8.29. The first-order chi connectivity index (χ1) is 11.2. The molecular formula is C18H24N2O3. The highest BCUT2D eigenvalue weighted by Crippen LogP contribution is 2.29. The number of nitrogens with one attached hydrogen (secondary N) is 1. The Labute approximate surface area is 136 Å². The van der Waals surface area contributed by atoms with Crippen molar-refractivity contribution in [2.45, 2.75) is 32.7 Å². The maximum absolute atomic E-state index is 12.8. The van der Waals surface area contributed by atoms with Gasteiger partial charge in [0.25, 0.3) is 0 Å². The van der Waals surface area contributed by atoms with Crippen molar-refractivity contribution >= 4 is 16.8 Å². The summed E-state index contributed by atoms with van der Waals surface area (Å²) in [6, 6.07) is 6.15. The number of ether oxygens (including phenoxy) is 2. The highest BCUT2D eigenvalue weighted by atomic mass is 16.5. The van der Waals surface area contributed by atoms with Gasteiger partial charge in [-0.2, -0.15) is 0 Å². The number of hydrogen-bond donors (Lipinski definition) is 1. The van der Waals surface area contributed by atoms with Crippen LogP contribution in [-0.4, -0.2) is 48.2 Å². The monoisotopic (exact) mass is 316 g/mol. The molecule has 1 atom stereocenters. The second-order valence-corrected chi connectivity index (χ2v) is 5.94. The minimum Gasteiger partial charge on any atom is -0.493 e. The molecule has 1 aliphatic rings. The summed E-state index contributed by atoms with van der Waals surface area (Å²) in [6.07, 6.45) is 3.20. The summed E-state index contributed by atoms with van der Waals surface area (Å²) in [5, 5.41) is 1.02. The molecular weight excluding hydrogens is 292 g/mol. The highest BCUT2D eigenvalue weighted by molar-refractivity contribution is 5.93. The third-order valence-electron chi connectivity index (χ3n) is 4.40. The summed E-state index contributed by atoms with van der Waals surface area (Å²) >= 11 is 0. The lowest BCUT2D eigenvalue weighted by molar-refractivity contribution is -0.132. The second kappa shape index (κ2) is 7.04. The molecule has 1 N–H and O–H groups in total. The summed E-state index contributed by atoms with van der Waals surface area (Å²) in [4.78, 5) is 17.9.